The molecule has 0 aliphatic heterocycles. The number of ether oxygens (including phenoxy) is 1. The van der Waals surface area contributed by atoms with E-state index < -0.39 is 26.5 Å². The third-order valence-electron chi connectivity index (χ3n) is 9.98. The predicted octanol–water partition coefficient (Wildman–Crippen LogP) is 13.5. The monoisotopic (exact) mass is 838 g/mol. The second kappa shape index (κ2) is 44.5. The molecule has 3 N–H and O–H groups in total. The molecule has 0 aromatic carbocycles. The van der Waals surface area contributed by atoms with Crippen LogP contribution in [0.2, 0.25) is 0 Å². The number of phosphoric acid groups is 1. The fraction of sp³-hybridized carbons (Fsp3) is 0.792. The Morgan fingerprint density at radius 2 is 0.948 bits per heavy atom. The Morgan fingerprint density at radius 1 is 0.534 bits per heavy atom. The molecule has 0 bridgehead atoms. The number of aliphatic hydroxyl groups excluding tert-OH is 1. The van der Waals surface area contributed by atoms with E-state index in [1.54, 1.807) is 0 Å². The molecule has 2 atom stereocenters. The topological polar surface area (TPSA) is 131 Å². The number of carbonyl (C=O) groups excluding carboxylic acids is 2. The van der Waals surface area contributed by atoms with Gasteiger partial charge in [0.05, 0.1) is 13.2 Å². The summed E-state index contributed by atoms with van der Waals surface area (Å²) in [5.74, 6) is -0.530. The molecule has 0 rings (SSSR count). The lowest BCUT2D eigenvalue weighted by Crippen LogP contribution is -2.27. The SMILES string of the molecule is CCCC/C=C\C/C=C\CCCCCCCC(=O)OCC(O)COP(=O)(O)OCCNC(=O)CCCCCCCCCCCCCCC/C=C\C/C=C\CCCCC. The molecule has 0 aliphatic rings. The van der Waals surface area contributed by atoms with Crippen LogP contribution < -0.4 is 5.32 Å². The minimum absolute atomic E-state index is 0.0791. The van der Waals surface area contributed by atoms with Crippen molar-refractivity contribution < 1.29 is 37.9 Å². The molecular weight excluding hydrogens is 750 g/mol. The van der Waals surface area contributed by atoms with Gasteiger partial charge in [-0.05, 0) is 70.6 Å². The number of hydrogen-bond acceptors (Lipinski definition) is 7. The van der Waals surface area contributed by atoms with E-state index in [9.17, 15) is 24.2 Å². The summed E-state index contributed by atoms with van der Waals surface area (Å²) in [5, 5.41) is 12.7. The third-order valence-corrected chi connectivity index (χ3v) is 11.0. The van der Waals surface area contributed by atoms with Crippen molar-refractivity contribution in [3.05, 3.63) is 48.6 Å². The van der Waals surface area contributed by atoms with Crippen LogP contribution in [0.3, 0.4) is 0 Å². The van der Waals surface area contributed by atoms with Gasteiger partial charge in [0.1, 0.15) is 12.7 Å². The molecule has 9 nitrogen and oxygen atoms in total. The lowest BCUT2D eigenvalue weighted by Gasteiger charge is -2.15. The number of unbranched alkanes of at least 4 members (excludes halogenated alkanes) is 23. The van der Waals surface area contributed by atoms with Gasteiger partial charge in [0.15, 0.2) is 0 Å². The minimum Gasteiger partial charge on any atom is -0.463 e. The average Bonchev–Trinajstić information content (AvgIpc) is 3.21. The lowest BCUT2D eigenvalue weighted by atomic mass is 10.0. The average molecular weight is 838 g/mol. The van der Waals surface area contributed by atoms with Crippen LogP contribution in [0.4, 0.5) is 0 Å². The first kappa shape index (κ1) is 56.0. The van der Waals surface area contributed by atoms with Gasteiger partial charge < -0.3 is 20.1 Å². The molecule has 0 fully saturated rings. The highest BCUT2D eigenvalue weighted by atomic mass is 31.2. The number of nitrogens with one attached hydrogen (secondary N) is 1. The van der Waals surface area contributed by atoms with Gasteiger partial charge in [0, 0.05) is 19.4 Å². The molecule has 0 saturated carbocycles. The van der Waals surface area contributed by atoms with Crippen LogP contribution in [0.25, 0.3) is 0 Å². The van der Waals surface area contributed by atoms with E-state index in [-0.39, 0.29) is 32.1 Å². The van der Waals surface area contributed by atoms with Crippen molar-refractivity contribution in [1.82, 2.24) is 5.32 Å². The second-order valence-electron chi connectivity index (χ2n) is 15.7. The molecule has 0 spiro atoms. The smallest absolute Gasteiger partial charge is 0.463 e. The van der Waals surface area contributed by atoms with Crippen molar-refractivity contribution in [2.45, 2.75) is 219 Å². The van der Waals surface area contributed by atoms with Crippen LogP contribution in [-0.4, -0.2) is 54.3 Å². The first-order valence-electron chi connectivity index (χ1n) is 23.6. The molecule has 1 amide bonds. The molecule has 10 heteroatoms. The van der Waals surface area contributed by atoms with Crippen LogP contribution >= 0.6 is 7.82 Å². The van der Waals surface area contributed by atoms with Gasteiger partial charge in [-0.15, -0.1) is 0 Å². The highest BCUT2D eigenvalue weighted by molar-refractivity contribution is 7.47. The van der Waals surface area contributed by atoms with Crippen molar-refractivity contribution in [3.63, 3.8) is 0 Å². The van der Waals surface area contributed by atoms with E-state index in [1.807, 2.05) is 0 Å². The summed E-state index contributed by atoms with van der Waals surface area (Å²) in [5.41, 5.74) is 0. The molecule has 0 aromatic heterocycles. The zero-order valence-corrected chi connectivity index (χ0v) is 38.1. The highest BCUT2D eigenvalue weighted by Gasteiger charge is 2.23. The number of esters is 1. The Balaban J connectivity index is 3.56. The summed E-state index contributed by atoms with van der Waals surface area (Å²) < 4.78 is 26.9. The van der Waals surface area contributed by atoms with Gasteiger partial charge >= 0.3 is 13.8 Å². The predicted molar refractivity (Wildman–Crippen MR) is 243 cm³/mol. The standard InChI is InChI=1S/C48H88NO8P/c1-3-5-7-9-11-13-15-17-19-20-21-22-23-24-25-26-27-28-30-32-34-36-38-40-47(51)49-42-43-56-58(53,54)57-45-46(50)44-55-48(52)41-39-37-35-33-31-29-18-16-14-12-10-8-6-4-2/h10-13,16-19,46,50H,3-9,14-15,20-45H2,1-2H3,(H,49,51)(H,53,54)/b12-10-,13-11-,18-16-,19-17-. The first-order chi connectivity index (χ1) is 28.3. The number of aliphatic hydroxyl groups is 1. The second-order valence-corrected chi connectivity index (χ2v) is 17.2. The van der Waals surface area contributed by atoms with Crippen LogP contribution in [0.5, 0.6) is 0 Å². The van der Waals surface area contributed by atoms with Crippen LogP contribution in [0.15, 0.2) is 48.6 Å². The summed E-state index contributed by atoms with van der Waals surface area (Å²) in [7, 11) is -4.42. The fourth-order valence-electron chi connectivity index (χ4n) is 6.37. The maximum Gasteiger partial charge on any atom is 0.472 e. The van der Waals surface area contributed by atoms with E-state index in [1.165, 1.54) is 109 Å². The van der Waals surface area contributed by atoms with E-state index in [0.717, 1.165) is 77.0 Å². The lowest BCUT2D eigenvalue weighted by molar-refractivity contribution is -0.147. The molecule has 58 heavy (non-hydrogen) atoms. The van der Waals surface area contributed by atoms with Gasteiger partial charge in [-0.1, -0.05) is 178 Å². The van der Waals surface area contributed by atoms with Gasteiger partial charge in [-0.25, -0.2) is 4.57 Å². The van der Waals surface area contributed by atoms with E-state index in [0.29, 0.717) is 6.42 Å². The van der Waals surface area contributed by atoms with Gasteiger partial charge in [0.25, 0.3) is 0 Å². The van der Waals surface area contributed by atoms with Crippen molar-refractivity contribution in [2.75, 3.05) is 26.4 Å². The van der Waals surface area contributed by atoms with Crippen molar-refractivity contribution in [1.29, 1.82) is 0 Å². The summed E-state index contributed by atoms with van der Waals surface area (Å²) in [4.78, 5) is 34.0. The quantitative estimate of drug-likeness (QED) is 0.0239. The molecule has 0 aliphatic carbocycles. The van der Waals surface area contributed by atoms with Crippen molar-refractivity contribution in [3.8, 4) is 0 Å². The molecule has 2 unspecified atom stereocenters. The van der Waals surface area contributed by atoms with E-state index in [4.69, 9.17) is 13.8 Å². The molecule has 338 valence electrons. The van der Waals surface area contributed by atoms with Gasteiger partial charge in [-0.2, -0.15) is 0 Å². The van der Waals surface area contributed by atoms with Gasteiger partial charge in [-0.3, -0.25) is 18.6 Å². The maximum atomic E-state index is 12.1. The Hall–Kier alpha value is -2.03. The summed E-state index contributed by atoms with van der Waals surface area (Å²) in [6, 6.07) is 0. The third kappa shape index (κ3) is 45.1. The summed E-state index contributed by atoms with van der Waals surface area (Å²) in [6.07, 6.45) is 51.9. The van der Waals surface area contributed by atoms with Crippen LogP contribution in [0.1, 0.15) is 213 Å². The Kier molecular flexibility index (Phi) is 43.0. The zero-order chi connectivity index (χ0) is 42.5. The van der Waals surface area contributed by atoms with Crippen molar-refractivity contribution >= 4 is 19.7 Å². The van der Waals surface area contributed by atoms with Gasteiger partial charge in [0.2, 0.25) is 5.91 Å². The van der Waals surface area contributed by atoms with Crippen LogP contribution in [0, 0.1) is 0 Å². The number of allylic oxidation sites excluding steroid dienone is 8. The largest absolute Gasteiger partial charge is 0.472 e. The van der Waals surface area contributed by atoms with E-state index >= 15 is 0 Å². The number of rotatable bonds is 44. The van der Waals surface area contributed by atoms with Crippen LogP contribution in [-0.2, 0) is 27.9 Å². The summed E-state index contributed by atoms with van der Waals surface area (Å²) >= 11 is 0. The Bertz CT molecular complexity index is 1090. The first-order valence-corrected chi connectivity index (χ1v) is 25.1. The minimum atomic E-state index is -4.42. The summed E-state index contributed by atoms with van der Waals surface area (Å²) in [6.45, 7) is 3.48. The zero-order valence-electron chi connectivity index (χ0n) is 37.2. The molecule has 0 heterocycles. The number of phosphoric ester groups is 1. The Labute approximate surface area is 355 Å². The maximum absolute atomic E-state index is 12.1. The Morgan fingerprint density at radius 3 is 1.43 bits per heavy atom. The van der Waals surface area contributed by atoms with E-state index in [2.05, 4.69) is 67.8 Å². The number of hydrogen-bond donors (Lipinski definition) is 3. The number of carbonyl (C=O) groups is 2. The molecule has 0 aromatic rings. The highest BCUT2D eigenvalue weighted by Crippen LogP contribution is 2.42. The fourth-order valence-corrected chi connectivity index (χ4v) is 7.13. The molecule has 0 radical (unpaired) electrons. The normalized spacial score (nSPS) is 13.7. The van der Waals surface area contributed by atoms with Crippen molar-refractivity contribution in [2.24, 2.45) is 0 Å². The number of amides is 1. The molecular formula is C48H88NO8P. The molecule has 0 saturated heterocycles.